The van der Waals surface area contributed by atoms with Gasteiger partial charge in [0, 0.05) is 11.6 Å². The van der Waals surface area contributed by atoms with Crippen LogP contribution >= 0.6 is 0 Å². The van der Waals surface area contributed by atoms with E-state index in [4.69, 9.17) is 0 Å². The maximum absolute atomic E-state index is 11.7. The maximum Gasteiger partial charge on any atom is 0.336 e. The first-order chi connectivity index (χ1) is 11.2. The van der Waals surface area contributed by atoms with E-state index >= 15 is 0 Å². The molecule has 0 radical (unpaired) electrons. The van der Waals surface area contributed by atoms with Crippen molar-refractivity contribution in [1.29, 1.82) is 0 Å². The van der Waals surface area contributed by atoms with Gasteiger partial charge in [0.2, 0.25) is 0 Å². The Balaban J connectivity index is 1.89. The number of carboxylic acid groups (broad SMARTS) is 1. The Morgan fingerprint density at radius 2 is 1.96 bits per heavy atom. The highest BCUT2D eigenvalue weighted by molar-refractivity contribution is 5.93. The lowest BCUT2D eigenvalue weighted by Gasteiger charge is -2.39. The molecular weight excluding hydrogens is 286 g/mol. The van der Waals surface area contributed by atoms with Crippen LogP contribution in [0.2, 0.25) is 0 Å². The Morgan fingerprint density at radius 3 is 2.70 bits per heavy atom. The van der Waals surface area contributed by atoms with Gasteiger partial charge in [-0.25, -0.2) is 4.79 Å². The molecule has 1 aliphatic heterocycles. The number of hydrogen-bond acceptors (Lipinski definition) is 2. The Bertz CT molecular complexity index is 795. The van der Waals surface area contributed by atoms with Gasteiger partial charge in [-0.1, -0.05) is 48.6 Å². The van der Waals surface area contributed by atoms with Gasteiger partial charge < -0.3 is 10.4 Å². The quantitative estimate of drug-likeness (QED) is 0.802. The fraction of sp³-hybridized carbons (Fsp3) is 0.250. The van der Waals surface area contributed by atoms with Gasteiger partial charge in [-0.2, -0.15) is 0 Å². The summed E-state index contributed by atoms with van der Waals surface area (Å²) in [6.07, 6.45) is 5.35. The molecule has 2 aromatic carbocycles. The van der Waals surface area contributed by atoms with Crippen LogP contribution in [0.1, 0.15) is 45.4 Å². The summed E-state index contributed by atoms with van der Waals surface area (Å²) in [5.41, 5.74) is 4.72. The summed E-state index contributed by atoms with van der Waals surface area (Å²) in [4.78, 5) is 11.7. The van der Waals surface area contributed by atoms with Crippen LogP contribution in [0.15, 0.2) is 54.6 Å². The molecule has 0 saturated carbocycles. The first-order valence-corrected chi connectivity index (χ1v) is 8.01. The molecule has 2 N–H and O–H groups in total. The predicted molar refractivity (Wildman–Crippen MR) is 90.9 cm³/mol. The Kier molecular flexibility index (Phi) is 3.22. The zero-order valence-electron chi connectivity index (χ0n) is 13.0. The van der Waals surface area contributed by atoms with E-state index < -0.39 is 5.97 Å². The first-order valence-electron chi connectivity index (χ1n) is 8.01. The average Bonchev–Trinajstić information content (AvgIpc) is 3.05. The van der Waals surface area contributed by atoms with Crippen molar-refractivity contribution in [1.82, 2.24) is 0 Å². The van der Waals surface area contributed by atoms with Crippen molar-refractivity contribution in [3.05, 3.63) is 76.9 Å². The van der Waals surface area contributed by atoms with Crippen molar-refractivity contribution in [2.45, 2.75) is 25.3 Å². The van der Waals surface area contributed by atoms with Crippen molar-refractivity contribution < 1.29 is 9.90 Å². The summed E-state index contributed by atoms with van der Waals surface area (Å²) in [5.74, 6) is -0.312. The third kappa shape index (κ3) is 2.15. The van der Waals surface area contributed by atoms with Gasteiger partial charge in [0.25, 0.3) is 0 Å². The van der Waals surface area contributed by atoms with Crippen molar-refractivity contribution in [3.8, 4) is 0 Å². The van der Waals surface area contributed by atoms with Gasteiger partial charge in [0.1, 0.15) is 0 Å². The van der Waals surface area contributed by atoms with Crippen LogP contribution < -0.4 is 5.32 Å². The van der Waals surface area contributed by atoms with E-state index in [0.29, 0.717) is 11.5 Å². The van der Waals surface area contributed by atoms with E-state index in [0.717, 1.165) is 23.2 Å². The standard InChI is InChI=1S/C20H19NO2/c1-12-10-11-16(20(22)23)17-14-8-5-9-15(14)19(21-18(12)17)13-6-3-2-4-7-13/h2-8,10-11,14-15,19,21H,9H2,1H3,(H,22,23)/t14-,15+,19-/m1/s1. The number of rotatable bonds is 2. The van der Waals surface area contributed by atoms with Crippen molar-refractivity contribution in [3.63, 3.8) is 0 Å². The number of nitrogens with one attached hydrogen (secondary N) is 1. The number of fused-ring (bicyclic) bond motifs is 3. The van der Waals surface area contributed by atoms with Crippen molar-refractivity contribution in [2.75, 3.05) is 5.32 Å². The third-order valence-electron chi connectivity index (χ3n) is 5.12. The highest BCUT2D eigenvalue weighted by Gasteiger charge is 2.40. The second-order valence-corrected chi connectivity index (χ2v) is 6.41. The van der Waals surface area contributed by atoms with Gasteiger partial charge in [-0.05, 0) is 42.0 Å². The zero-order chi connectivity index (χ0) is 16.0. The zero-order valence-corrected chi connectivity index (χ0v) is 13.0. The van der Waals surface area contributed by atoms with Crippen LogP contribution in [-0.4, -0.2) is 11.1 Å². The lowest BCUT2D eigenvalue weighted by molar-refractivity contribution is 0.0695. The van der Waals surface area contributed by atoms with E-state index in [9.17, 15) is 9.90 Å². The Hall–Kier alpha value is -2.55. The minimum absolute atomic E-state index is 0.169. The molecule has 0 bridgehead atoms. The molecule has 116 valence electrons. The predicted octanol–water partition coefficient (Wildman–Crippen LogP) is 4.52. The number of carbonyl (C=O) groups is 1. The number of anilines is 1. The molecule has 0 spiro atoms. The van der Waals surface area contributed by atoms with Gasteiger partial charge in [0.15, 0.2) is 0 Å². The second kappa shape index (κ2) is 5.27. The Morgan fingerprint density at radius 1 is 1.17 bits per heavy atom. The lowest BCUT2D eigenvalue weighted by atomic mass is 9.75. The average molecular weight is 305 g/mol. The highest BCUT2D eigenvalue weighted by Crippen LogP contribution is 2.51. The summed E-state index contributed by atoms with van der Waals surface area (Å²) in [6.45, 7) is 2.04. The largest absolute Gasteiger partial charge is 0.478 e. The van der Waals surface area contributed by atoms with Crippen LogP contribution in [0.25, 0.3) is 0 Å². The topological polar surface area (TPSA) is 49.3 Å². The molecule has 3 atom stereocenters. The van der Waals surface area contributed by atoms with Crippen LogP contribution in [-0.2, 0) is 0 Å². The minimum Gasteiger partial charge on any atom is -0.478 e. The minimum atomic E-state index is -0.847. The van der Waals surface area contributed by atoms with Gasteiger partial charge in [0.05, 0.1) is 11.6 Å². The molecule has 0 aromatic heterocycles. The smallest absolute Gasteiger partial charge is 0.336 e. The van der Waals surface area contributed by atoms with Gasteiger partial charge in [-0.3, -0.25) is 0 Å². The van der Waals surface area contributed by atoms with E-state index in [1.807, 2.05) is 19.1 Å². The molecule has 23 heavy (non-hydrogen) atoms. The fourth-order valence-corrected chi connectivity index (χ4v) is 4.03. The maximum atomic E-state index is 11.7. The first kappa shape index (κ1) is 14.1. The van der Waals surface area contributed by atoms with Gasteiger partial charge in [-0.15, -0.1) is 0 Å². The molecule has 0 saturated heterocycles. The highest BCUT2D eigenvalue weighted by atomic mass is 16.4. The van der Waals surface area contributed by atoms with E-state index in [1.165, 1.54) is 5.56 Å². The second-order valence-electron chi connectivity index (χ2n) is 6.41. The van der Waals surface area contributed by atoms with Crippen molar-refractivity contribution in [2.24, 2.45) is 5.92 Å². The van der Waals surface area contributed by atoms with Crippen molar-refractivity contribution >= 4 is 11.7 Å². The molecule has 2 aromatic rings. The van der Waals surface area contributed by atoms with Crippen LogP contribution in [0, 0.1) is 12.8 Å². The summed E-state index contributed by atoms with van der Waals surface area (Å²) in [6, 6.07) is 14.3. The Labute approximate surface area is 135 Å². The van der Waals surface area contributed by atoms with E-state index in [2.05, 4.69) is 41.7 Å². The summed E-state index contributed by atoms with van der Waals surface area (Å²) in [5, 5.41) is 13.2. The molecule has 1 heterocycles. The van der Waals surface area contributed by atoms with Crippen LogP contribution in [0.5, 0.6) is 0 Å². The van der Waals surface area contributed by atoms with Crippen LogP contribution in [0.3, 0.4) is 0 Å². The molecule has 0 fully saturated rings. The third-order valence-corrected chi connectivity index (χ3v) is 5.12. The molecule has 4 rings (SSSR count). The monoisotopic (exact) mass is 305 g/mol. The molecule has 0 amide bonds. The molecule has 2 aliphatic rings. The van der Waals surface area contributed by atoms with E-state index in [1.54, 1.807) is 6.07 Å². The number of carboxylic acids is 1. The molecule has 1 aliphatic carbocycles. The number of hydrogen-bond donors (Lipinski definition) is 2. The summed E-state index contributed by atoms with van der Waals surface area (Å²) >= 11 is 0. The fourth-order valence-electron chi connectivity index (χ4n) is 4.03. The number of benzene rings is 2. The molecule has 3 nitrogen and oxygen atoms in total. The molecular formula is C20H19NO2. The molecule has 3 heteroatoms. The molecule has 0 unspecified atom stereocenters. The van der Waals surface area contributed by atoms with Crippen LogP contribution in [0.4, 0.5) is 5.69 Å². The number of aryl methyl sites for hydroxylation is 1. The summed E-state index contributed by atoms with van der Waals surface area (Å²) < 4.78 is 0. The van der Waals surface area contributed by atoms with Gasteiger partial charge >= 0.3 is 5.97 Å². The SMILES string of the molecule is Cc1ccc(C(=O)O)c2c1N[C@H](c1ccccc1)[C@H]1CC=C[C@@H]21. The number of aromatic carboxylic acids is 1. The lowest BCUT2D eigenvalue weighted by Crippen LogP contribution is -2.31. The normalized spacial score (nSPS) is 24.7. The number of allylic oxidation sites excluding steroid dienone is 2. The summed E-state index contributed by atoms with van der Waals surface area (Å²) in [7, 11) is 0. The van der Waals surface area contributed by atoms with E-state index in [-0.39, 0.29) is 12.0 Å².